The van der Waals surface area contributed by atoms with Crippen LogP contribution in [0.3, 0.4) is 0 Å². The summed E-state index contributed by atoms with van der Waals surface area (Å²) >= 11 is 0. The van der Waals surface area contributed by atoms with E-state index in [0.29, 0.717) is 6.42 Å². The van der Waals surface area contributed by atoms with E-state index in [-0.39, 0.29) is 32.1 Å². The van der Waals surface area contributed by atoms with Gasteiger partial charge in [0.05, 0.1) is 13.2 Å². The second-order valence-corrected chi connectivity index (χ2v) is 15.7. The number of unbranched alkanes of at least 4 members (excludes halogenated alkanes) is 15. The number of phosphoric ester groups is 1. The number of phosphoric acid groups is 1. The number of rotatable bonds is 40. The van der Waals surface area contributed by atoms with Gasteiger partial charge < -0.3 is 20.1 Å². The molecule has 0 aromatic carbocycles. The molecule has 0 spiro atoms. The van der Waals surface area contributed by atoms with Crippen molar-refractivity contribution in [3.05, 3.63) is 72.9 Å². The second-order valence-electron chi connectivity index (χ2n) is 14.3. The summed E-state index contributed by atoms with van der Waals surface area (Å²) in [4.78, 5) is 33.9. The lowest BCUT2D eigenvalue weighted by Gasteiger charge is -2.15. The monoisotopic (exact) mass is 806 g/mol. The first-order valence-corrected chi connectivity index (χ1v) is 23.4. The van der Waals surface area contributed by atoms with E-state index in [1.165, 1.54) is 70.6 Å². The van der Waals surface area contributed by atoms with Gasteiger partial charge >= 0.3 is 13.8 Å². The van der Waals surface area contributed by atoms with Crippen molar-refractivity contribution in [1.29, 1.82) is 0 Å². The topological polar surface area (TPSA) is 131 Å². The maximum Gasteiger partial charge on any atom is 0.472 e. The number of esters is 1. The number of allylic oxidation sites excluding steroid dienone is 12. The molecule has 0 aromatic rings. The summed E-state index contributed by atoms with van der Waals surface area (Å²) in [5.74, 6) is -0.563. The molecule has 0 radical (unpaired) electrons. The van der Waals surface area contributed by atoms with Gasteiger partial charge in [-0.25, -0.2) is 4.57 Å². The highest BCUT2D eigenvalue weighted by atomic mass is 31.2. The molecule has 0 bridgehead atoms. The number of ether oxygens (including phenoxy) is 1. The van der Waals surface area contributed by atoms with E-state index in [4.69, 9.17) is 13.8 Å². The maximum absolute atomic E-state index is 12.1. The molecule has 0 aliphatic carbocycles. The van der Waals surface area contributed by atoms with Gasteiger partial charge in [0, 0.05) is 19.4 Å². The van der Waals surface area contributed by atoms with Crippen molar-refractivity contribution in [3.63, 3.8) is 0 Å². The first-order chi connectivity index (χ1) is 27.3. The minimum Gasteiger partial charge on any atom is -0.463 e. The van der Waals surface area contributed by atoms with E-state index in [1.807, 2.05) is 0 Å². The summed E-state index contributed by atoms with van der Waals surface area (Å²) in [7, 11) is -4.43. The highest BCUT2D eigenvalue weighted by Crippen LogP contribution is 2.42. The van der Waals surface area contributed by atoms with E-state index >= 15 is 0 Å². The number of hydrogen-bond acceptors (Lipinski definition) is 7. The van der Waals surface area contributed by atoms with Crippen LogP contribution in [-0.4, -0.2) is 54.3 Å². The zero-order chi connectivity index (χ0) is 41.1. The first kappa shape index (κ1) is 53.5. The van der Waals surface area contributed by atoms with Crippen LogP contribution in [0.1, 0.15) is 174 Å². The van der Waals surface area contributed by atoms with Crippen molar-refractivity contribution in [2.45, 2.75) is 180 Å². The van der Waals surface area contributed by atoms with Gasteiger partial charge in [-0.05, 0) is 64.2 Å². The minimum atomic E-state index is -4.43. The van der Waals surface area contributed by atoms with Gasteiger partial charge in [-0.1, -0.05) is 170 Å². The van der Waals surface area contributed by atoms with Gasteiger partial charge in [-0.2, -0.15) is 0 Å². The molecule has 2 atom stereocenters. The smallest absolute Gasteiger partial charge is 0.463 e. The number of carbonyl (C=O) groups is 2. The molecule has 10 heteroatoms. The van der Waals surface area contributed by atoms with Crippen LogP contribution in [0.15, 0.2) is 72.9 Å². The van der Waals surface area contributed by atoms with Crippen molar-refractivity contribution in [3.8, 4) is 0 Å². The molecule has 2 unspecified atom stereocenters. The third-order valence-electron chi connectivity index (χ3n) is 8.90. The molecular formula is C46H80NO8P. The minimum absolute atomic E-state index is 0.0549. The number of carbonyl (C=O) groups excluding carboxylic acids is 2. The molecule has 0 saturated carbocycles. The van der Waals surface area contributed by atoms with E-state index < -0.39 is 26.5 Å². The lowest BCUT2D eigenvalue weighted by molar-refractivity contribution is -0.147. The molecule has 9 nitrogen and oxygen atoms in total. The molecule has 0 aliphatic heterocycles. The first-order valence-electron chi connectivity index (χ1n) is 21.9. The van der Waals surface area contributed by atoms with Crippen LogP contribution < -0.4 is 5.32 Å². The Kier molecular flexibility index (Phi) is 40.2. The van der Waals surface area contributed by atoms with Crippen molar-refractivity contribution in [2.75, 3.05) is 26.4 Å². The number of amides is 1. The Morgan fingerprint density at radius 2 is 1.02 bits per heavy atom. The molecule has 0 aromatic heterocycles. The molecule has 0 saturated heterocycles. The van der Waals surface area contributed by atoms with Crippen LogP contribution >= 0.6 is 7.82 Å². The summed E-state index contributed by atoms with van der Waals surface area (Å²) in [6, 6.07) is 0. The van der Waals surface area contributed by atoms with E-state index in [0.717, 1.165) is 77.0 Å². The Hall–Kier alpha value is -2.55. The third kappa shape index (κ3) is 42.6. The SMILES string of the molecule is CC/C=C\C/C=C\C/C=C\C/C=C\C/C=C\C/C=C\CCCCC(=O)NCCOP(=O)(O)OCC(O)COC(=O)CCCCCCCCCCCCCCCC. The number of aliphatic hydroxyl groups excluding tert-OH is 1. The molecule has 0 aliphatic rings. The molecule has 56 heavy (non-hydrogen) atoms. The molecule has 3 N–H and O–H groups in total. The summed E-state index contributed by atoms with van der Waals surface area (Å²) < 4.78 is 26.8. The van der Waals surface area contributed by atoms with E-state index in [2.05, 4.69) is 92.1 Å². The van der Waals surface area contributed by atoms with Crippen LogP contribution in [-0.2, 0) is 27.9 Å². The van der Waals surface area contributed by atoms with Gasteiger partial charge in [-0.3, -0.25) is 18.6 Å². The second kappa shape index (κ2) is 42.1. The lowest BCUT2D eigenvalue weighted by Crippen LogP contribution is -2.27. The Bertz CT molecular complexity index is 1150. The summed E-state index contributed by atoms with van der Waals surface area (Å²) in [6.07, 6.45) is 51.2. The highest BCUT2D eigenvalue weighted by molar-refractivity contribution is 7.47. The zero-order valence-corrected chi connectivity index (χ0v) is 36.2. The molecule has 0 rings (SSSR count). The number of aliphatic hydroxyl groups is 1. The van der Waals surface area contributed by atoms with Crippen molar-refractivity contribution < 1.29 is 37.9 Å². The Morgan fingerprint density at radius 3 is 1.52 bits per heavy atom. The number of nitrogens with one attached hydrogen (secondary N) is 1. The van der Waals surface area contributed by atoms with Crippen LogP contribution in [0, 0.1) is 0 Å². The Morgan fingerprint density at radius 1 is 0.571 bits per heavy atom. The third-order valence-corrected chi connectivity index (χ3v) is 9.89. The standard InChI is InChI=1S/C46H80NO8P/c1-3-5-7-9-11-13-15-17-19-20-21-22-23-24-25-26-28-30-32-34-36-38-45(49)47-40-41-54-56(51,52)55-43-44(48)42-53-46(50)39-37-35-33-31-29-27-18-16-14-12-10-8-6-4-2/h5,7,11,13,17,19,21-22,24-25,28,30,44,48H,3-4,6,8-10,12,14-16,18,20,23,26-27,29,31-43H2,1-2H3,(H,47,49)(H,51,52)/b7-5-,13-11-,19-17-,22-21-,25-24-,30-28-. The molecule has 1 amide bonds. The van der Waals surface area contributed by atoms with Crippen molar-refractivity contribution in [2.24, 2.45) is 0 Å². The van der Waals surface area contributed by atoms with Gasteiger partial charge in [0.15, 0.2) is 0 Å². The molecule has 0 fully saturated rings. The van der Waals surface area contributed by atoms with Crippen LogP contribution in [0.25, 0.3) is 0 Å². The van der Waals surface area contributed by atoms with Gasteiger partial charge in [0.25, 0.3) is 0 Å². The van der Waals surface area contributed by atoms with Crippen LogP contribution in [0.4, 0.5) is 0 Å². The average Bonchev–Trinajstić information content (AvgIpc) is 3.18. The Balaban J connectivity index is 3.69. The van der Waals surface area contributed by atoms with Crippen LogP contribution in [0.5, 0.6) is 0 Å². The number of hydrogen-bond donors (Lipinski definition) is 3. The maximum atomic E-state index is 12.1. The predicted molar refractivity (Wildman–Crippen MR) is 233 cm³/mol. The van der Waals surface area contributed by atoms with Gasteiger partial charge in [-0.15, -0.1) is 0 Å². The van der Waals surface area contributed by atoms with Gasteiger partial charge in [0.2, 0.25) is 5.91 Å². The van der Waals surface area contributed by atoms with E-state index in [9.17, 15) is 24.2 Å². The normalized spacial score (nSPS) is 14.0. The zero-order valence-electron chi connectivity index (χ0n) is 35.3. The molecule has 322 valence electrons. The molecular weight excluding hydrogens is 725 g/mol. The summed E-state index contributed by atoms with van der Waals surface area (Å²) in [6.45, 7) is 3.38. The predicted octanol–water partition coefficient (Wildman–Crippen LogP) is 12.3. The van der Waals surface area contributed by atoms with E-state index in [1.54, 1.807) is 0 Å². The fraction of sp³-hybridized carbons (Fsp3) is 0.696. The lowest BCUT2D eigenvalue weighted by atomic mass is 10.0. The van der Waals surface area contributed by atoms with Crippen molar-refractivity contribution >= 4 is 19.7 Å². The quantitative estimate of drug-likeness (QED) is 0.0241. The fourth-order valence-corrected chi connectivity index (χ4v) is 6.37. The average molecular weight is 806 g/mol. The highest BCUT2D eigenvalue weighted by Gasteiger charge is 2.23. The van der Waals surface area contributed by atoms with Crippen molar-refractivity contribution in [1.82, 2.24) is 5.32 Å². The molecule has 0 heterocycles. The van der Waals surface area contributed by atoms with Crippen LogP contribution in [0.2, 0.25) is 0 Å². The van der Waals surface area contributed by atoms with Gasteiger partial charge in [0.1, 0.15) is 12.7 Å². The fourth-order valence-electron chi connectivity index (χ4n) is 5.62. The Labute approximate surface area is 341 Å². The largest absolute Gasteiger partial charge is 0.472 e. The summed E-state index contributed by atoms with van der Waals surface area (Å²) in [5, 5.41) is 12.7. The summed E-state index contributed by atoms with van der Waals surface area (Å²) in [5.41, 5.74) is 0.